The van der Waals surface area contributed by atoms with Crippen molar-refractivity contribution in [3.63, 3.8) is 0 Å². The van der Waals surface area contributed by atoms with E-state index in [0.29, 0.717) is 10.6 Å². The van der Waals surface area contributed by atoms with Crippen molar-refractivity contribution in [3.8, 4) is 11.5 Å². The van der Waals surface area contributed by atoms with Gasteiger partial charge in [-0.1, -0.05) is 29.5 Å². The van der Waals surface area contributed by atoms with Crippen molar-refractivity contribution < 1.29 is 14.4 Å². The summed E-state index contributed by atoms with van der Waals surface area (Å²) in [7, 11) is 2.90. The molecule has 5 nitrogen and oxygen atoms in total. The molecule has 6 heteroatoms. The van der Waals surface area contributed by atoms with E-state index in [9.17, 15) is 10.1 Å². The Morgan fingerprint density at radius 1 is 1.10 bits per heavy atom. The maximum absolute atomic E-state index is 11.2. The molecule has 0 aliphatic carbocycles. The van der Waals surface area contributed by atoms with Gasteiger partial charge in [0.15, 0.2) is 0 Å². The molecule has 0 N–H and O–H groups in total. The Kier molecular flexibility index (Phi) is 4.70. The third-order valence-electron chi connectivity index (χ3n) is 2.89. The van der Waals surface area contributed by atoms with Crippen molar-refractivity contribution in [2.24, 2.45) is 0 Å². The molecule has 21 heavy (non-hydrogen) atoms. The smallest absolute Gasteiger partial charge is 0.315 e. The van der Waals surface area contributed by atoms with E-state index < -0.39 is 4.92 Å². The average Bonchev–Trinajstić information content (AvgIpc) is 2.48. The van der Waals surface area contributed by atoms with Gasteiger partial charge in [-0.3, -0.25) is 10.1 Å². The van der Waals surface area contributed by atoms with Crippen LogP contribution in [0.4, 0.5) is 5.69 Å². The summed E-state index contributed by atoms with van der Waals surface area (Å²) in [6.07, 6.45) is 0. The molecule has 2 rings (SSSR count). The van der Waals surface area contributed by atoms with Crippen LogP contribution in [0, 0.1) is 17.0 Å². The number of hydrogen-bond donors (Lipinski definition) is 0. The molecule has 0 saturated heterocycles. The summed E-state index contributed by atoms with van der Waals surface area (Å²) in [5, 5.41) is 11.2. The quantitative estimate of drug-likeness (QED) is 0.615. The maximum Gasteiger partial charge on any atom is 0.315 e. The van der Waals surface area contributed by atoms with Gasteiger partial charge in [0.25, 0.3) is 0 Å². The standard InChI is InChI=1S/C15H15NO4S/c1-10-4-6-12(7-5-10)21-14-9-11(19-2)8-13(16(17)18)15(14)20-3/h4-9H,1-3H3. The number of hydrogen-bond acceptors (Lipinski definition) is 5. The summed E-state index contributed by atoms with van der Waals surface area (Å²) in [5.41, 5.74) is 1.05. The van der Waals surface area contributed by atoms with E-state index in [1.807, 2.05) is 31.2 Å². The number of nitro groups is 1. The van der Waals surface area contributed by atoms with Crippen molar-refractivity contribution in [1.82, 2.24) is 0 Å². The Morgan fingerprint density at radius 3 is 2.29 bits per heavy atom. The van der Waals surface area contributed by atoms with Crippen LogP contribution in [0.1, 0.15) is 5.56 Å². The van der Waals surface area contributed by atoms with Crippen LogP contribution in [-0.2, 0) is 0 Å². The van der Waals surface area contributed by atoms with Crippen LogP contribution in [-0.4, -0.2) is 19.1 Å². The van der Waals surface area contributed by atoms with Gasteiger partial charge < -0.3 is 9.47 Å². The normalized spacial score (nSPS) is 10.2. The average molecular weight is 305 g/mol. The highest BCUT2D eigenvalue weighted by Gasteiger charge is 2.21. The van der Waals surface area contributed by atoms with Crippen molar-refractivity contribution in [1.29, 1.82) is 0 Å². The topological polar surface area (TPSA) is 61.6 Å². The van der Waals surface area contributed by atoms with Gasteiger partial charge in [0.05, 0.1) is 30.1 Å². The predicted octanol–water partition coefficient (Wildman–Crippen LogP) is 4.07. The highest BCUT2D eigenvalue weighted by atomic mass is 32.2. The highest BCUT2D eigenvalue weighted by molar-refractivity contribution is 7.99. The molecule has 0 unspecified atom stereocenters. The molecular weight excluding hydrogens is 290 g/mol. The summed E-state index contributed by atoms with van der Waals surface area (Å²) in [6, 6.07) is 11.0. The van der Waals surface area contributed by atoms with Gasteiger partial charge in [0, 0.05) is 4.90 Å². The second kappa shape index (κ2) is 6.49. The molecule has 0 saturated carbocycles. The molecule has 0 amide bonds. The van der Waals surface area contributed by atoms with E-state index in [4.69, 9.17) is 9.47 Å². The highest BCUT2D eigenvalue weighted by Crippen LogP contribution is 2.43. The van der Waals surface area contributed by atoms with Gasteiger partial charge in [0.1, 0.15) is 5.75 Å². The fourth-order valence-electron chi connectivity index (χ4n) is 1.83. The summed E-state index contributed by atoms with van der Waals surface area (Å²) in [4.78, 5) is 12.3. The van der Waals surface area contributed by atoms with Crippen LogP contribution < -0.4 is 9.47 Å². The number of aryl methyl sites for hydroxylation is 1. The second-order valence-corrected chi connectivity index (χ2v) is 5.47. The first-order chi connectivity index (χ1) is 10.0. The van der Waals surface area contributed by atoms with Gasteiger partial charge in [-0.2, -0.15) is 0 Å². The molecule has 0 aliphatic heterocycles. The zero-order valence-corrected chi connectivity index (χ0v) is 12.8. The van der Waals surface area contributed by atoms with Gasteiger partial charge in [-0.15, -0.1) is 0 Å². The third kappa shape index (κ3) is 3.46. The minimum atomic E-state index is -0.472. The molecule has 0 aliphatic rings. The number of benzene rings is 2. The van der Waals surface area contributed by atoms with Gasteiger partial charge >= 0.3 is 5.69 Å². The van der Waals surface area contributed by atoms with Crippen LogP contribution >= 0.6 is 11.8 Å². The lowest BCUT2D eigenvalue weighted by molar-refractivity contribution is -0.386. The molecule has 0 fully saturated rings. The van der Waals surface area contributed by atoms with Crippen LogP contribution in [0.25, 0.3) is 0 Å². The van der Waals surface area contributed by atoms with Crippen LogP contribution in [0.3, 0.4) is 0 Å². The number of nitro benzene ring substituents is 1. The SMILES string of the molecule is COc1cc(Sc2ccc(C)cc2)c(OC)c([N+](=O)[O-])c1. The Hall–Kier alpha value is -2.21. The Labute approximate surface area is 127 Å². The van der Waals surface area contributed by atoms with E-state index in [1.54, 1.807) is 6.07 Å². The van der Waals surface area contributed by atoms with E-state index in [2.05, 4.69) is 0 Å². The lowest BCUT2D eigenvalue weighted by atomic mass is 10.2. The molecule has 2 aromatic carbocycles. The molecule has 0 atom stereocenters. The zero-order valence-electron chi connectivity index (χ0n) is 12.0. The minimum Gasteiger partial charge on any atom is -0.496 e. The van der Waals surface area contributed by atoms with E-state index in [-0.39, 0.29) is 11.4 Å². The fraction of sp³-hybridized carbons (Fsp3) is 0.200. The molecule has 0 radical (unpaired) electrons. The van der Waals surface area contributed by atoms with Crippen molar-refractivity contribution in [3.05, 3.63) is 52.1 Å². The third-order valence-corrected chi connectivity index (χ3v) is 3.93. The number of ether oxygens (including phenoxy) is 2. The molecule has 110 valence electrons. The van der Waals surface area contributed by atoms with Crippen molar-refractivity contribution in [2.45, 2.75) is 16.7 Å². The number of methoxy groups -OCH3 is 2. The predicted molar refractivity (Wildman–Crippen MR) is 81.5 cm³/mol. The van der Waals surface area contributed by atoms with E-state index in [1.165, 1.54) is 32.0 Å². The van der Waals surface area contributed by atoms with Crippen LogP contribution in [0.5, 0.6) is 11.5 Å². The molecule has 0 bridgehead atoms. The van der Waals surface area contributed by atoms with Crippen LogP contribution in [0.15, 0.2) is 46.2 Å². The largest absolute Gasteiger partial charge is 0.496 e. The first kappa shape index (κ1) is 15.2. The summed E-state index contributed by atoms with van der Waals surface area (Å²) in [6.45, 7) is 2.01. The molecule has 0 spiro atoms. The molecule has 0 heterocycles. The summed E-state index contributed by atoms with van der Waals surface area (Å²) < 4.78 is 10.3. The first-order valence-corrected chi connectivity index (χ1v) is 7.01. The van der Waals surface area contributed by atoms with Crippen molar-refractivity contribution >= 4 is 17.4 Å². The zero-order chi connectivity index (χ0) is 15.4. The summed E-state index contributed by atoms with van der Waals surface area (Å²) >= 11 is 1.40. The van der Waals surface area contributed by atoms with E-state index >= 15 is 0 Å². The number of rotatable bonds is 5. The lowest BCUT2D eigenvalue weighted by Crippen LogP contribution is -1.97. The lowest BCUT2D eigenvalue weighted by Gasteiger charge is -2.11. The molecular formula is C15H15NO4S. The van der Waals surface area contributed by atoms with E-state index in [0.717, 1.165) is 10.5 Å². The summed E-state index contributed by atoms with van der Waals surface area (Å²) in [5.74, 6) is 0.670. The Bertz CT molecular complexity index is 655. The Morgan fingerprint density at radius 2 is 1.76 bits per heavy atom. The van der Waals surface area contributed by atoms with Crippen LogP contribution in [0.2, 0.25) is 0 Å². The molecule has 0 aromatic heterocycles. The second-order valence-electron chi connectivity index (χ2n) is 4.35. The fourth-order valence-corrected chi connectivity index (χ4v) is 2.81. The van der Waals surface area contributed by atoms with Gasteiger partial charge in [-0.25, -0.2) is 0 Å². The monoisotopic (exact) mass is 305 g/mol. The van der Waals surface area contributed by atoms with Crippen molar-refractivity contribution in [2.75, 3.05) is 14.2 Å². The van der Waals surface area contributed by atoms with Gasteiger partial charge in [-0.05, 0) is 25.1 Å². The number of nitrogens with zero attached hydrogens (tertiary/aromatic N) is 1. The first-order valence-electron chi connectivity index (χ1n) is 6.20. The molecule has 2 aromatic rings. The Balaban J connectivity index is 2.47. The maximum atomic E-state index is 11.2. The van der Waals surface area contributed by atoms with Gasteiger partial charge in [0.2, 0.25) is 5.75 Å². The minimum absolute atomic E-state index is 0.105.